The van der Waals surface area contributed by atoms with Gasteiger partial charge in [0.15, 0.2) is 0 Å². The summed E-state index contributed by atoms with van der Waals surface area (Å²) < 4.78 is 0.999. The van der Waals surface area contributed by atoms with Crippen molar-refractivity contribution in [1.29, 1.82) is 0 Å². The summed E-state index contributed by atoms with van der Waals surface area (Å²) in [6.07, 6.45) is 4.74. The van der Waals surface area contributed by atoms with Gasteiger partial charge in [0.25, 0.3) is 0 Å². The molecule has 0 bridgehead atoms. The number of nitrogens with one attached hydrogen (secondary N) is 1. The van der Waals surface area contributed by atoms with Gasteiger partial charge in [-0.2, -0.15) is 0 Å². The average Bonchev–Trinajstić information content (AvgIpc) is 2.22. The van der Waals surface area contributed by atoms with E-state index in [1.165, 1.54) is 6.92 Å². The monoisotopic (exact) mass is 301 g/mol. The van der Waals surface area contributed by atoms with Gasteiger partial charge in [-0.15, -0.1) is 0 Å². The molecule has 1 amide bonds. The molecule has 0 spiro atoms. The first kappa shape index (κ1) is 13.3. The van der Waals surface area contributed by atoms with Gasteiger partial charge in [0.05, 0.1) is 0 Å². The summed E-state index contributed by atoms with van der Waals surface area (Å²) in [7, 11) is 0. The van der Waals surface area contributed by atoms with E-state index in [0.29, 0.717) is 6.54 Å². The number of carbonyl (C=O) groups is 1. The Balaban J connectivity index is 2.49. The minimum absolute atomic E-state index is 0.00566. The normalized spacial score (nSPS) is 10.7. The molecule has 86 valence electrons. The molecule has 1 rings (SSSR count). The predicted octanol–water partition coefficient (Wildman–Crippen LogP) is 3.64. The summed E-state index contributed by atoms with van der Waals surface area (Å²) in [6.45, 7) is 2.16. The summed E-state index contributed by atoms with van der Waals surface area (Å²) in [5.74, 6) is -0.00566. The number of amides is 1. The Kier molecular flexibility index (Phi) is 5.56. The van der Waals surface area contributed by atoms with Gasteiger partial charge in [-0.25, -0.2) is 0 Å². The van der Waals surface area contributed by atoms with Crippen LogP contribution >= 0.6 is 27.5 Å². The van der Waals surface area contributed by atoms with E-state index in [2.05, 4.69) is 21.2 Å². The van der Waals surface area contributed by atoms with E-state index in [-0.39, 0.29) is 5.91 Å². The third kappa shape index (κ3) is 4.81. The Morgan fingerprint density at radius 3 is 3.00 bits per heavy atom. The highest BCUT2D eigenvalue weighted by molar-refractivity contribution is 9.10. The third-order valence-electron chi connectivity index (χ3n) is 1.94. The molecule has 0 fully saturated rings. The molecule has 0 unspecified atom stereocenters. The Morgan fingerprint density at radius 2 is 2.31 bits per heavy atom. The van der Waals surface area contributed by atoms with E-state index in [1.54, 1.807) is 0 Å². The van der Waals surface area contributed by atoms with E-state index >= 15 is 0 Å². The number of benzene rings is 1. The van der Waals surface area contributed by atoms with Crippen LogP contribution in [0.1, 0.15) is 18.9 Å². The van der Waals surface area contributed by atoms with Crippen LogP contribution in [0.3, 0.4) is 0 Å². The van der Waals surface area contributed by atoms with E-state index < -0.39 is 0 Å². The predicted molar refractivity (Wildman–Crippen MR) is 71.5 cm³/mol. The first-order valence-corrected chi connectivity index (χ1v) is 6.12. The lowest BCUT2D eigenvalue weighted by molar-refractivity contribution is -0.118. The highest BCUT2D eigenvalue weighted by Crippen LogP contribution is 2.22. The molecule has 0 atom stereocenters. The summed E-state index contributed by atoms with van der Waals surface area (Å²) in [4.78, 5) is 10.6. The van der Waals surface area contributed by atoms with Crippen LogP contribution in [0.25, 0.3) is 6.08 Å². The summed E-state index contributed by atoms with van der Waals surface area (Å²) >= 11 is 9.41. The van der Waals surface area contributed by atoms with Gasteiger partial charge in [-0.05, 0) is 30.2 Å². The van der Waals surface area contributed by atoms with Gasteiger partial charge < -0.3 is 5.32 Å². The fourth-order valence-corrected chi connectivity index (χ4v) is 1.74. The number of halogens is 2. The number of hydrogen-bond acceptors (Lipinski definition) is 1. The quantitative estimate of drug-likeness (QED) is 0.845. The Morgan fingerprint density at radius 1 is 1.56 bits per heavy atom. The maximum atomic E-state index is 10.6. The fourth-order valence-electron chi connectivity index (χ4n) is 1.18. The summed E-state index contributed by atoms with van der Waals surface area (Å²) in [5, 5.41) is 3.45. The summed E-state index contributed by atoms with van der Waals surface area (Å²) in [5.41, 5.74) is 0.971. The SMILES string of the molecule is CC(=O)NCCC=Cc1cc(Br)ccc1Cl. The molecule has 4 heteroatoms. The molecule has 0 radical (unpaired) electrons. The average molecular weight is 303 g/mol. The molecule has 16 heavy (non-hydrogen) atoms. The molecule has 1 aromatic carbocycles. The fraction of sp³-hybridized carbons (Fsp3) is 0.250. The van der Waals surface area contributed by atoms with Crippen molar-refractivity contribution in [2.24, 2.45) is 0 Å². The summed E-state index contributed by atoms with van der Waals surface area (Å²) in [6, 6.07) is 5.70. The minimum atomic E-state index is -0.00566. The van der Waals surface area contributed by atoms with E-state index in [9.17, 15) is 4.79 Å². The molecule has 2 nitrogen and oxygen atoms in total. The van der Waals surface area contributed by atoms with Crippen LogP contribution in [0, 0.1) is 0 Å². The van der Waals surface area contributed by atoms with Gasteiger partial charge in [0, 0.05) is 23.0 Å². The smallest absolute Gasteiger partial charge is 0.216 e. The zero-order valence-corrected chi connectivity index (χ0v) is 11.3. The molecule has 0 saturated heterocycles. The Labute approximate surface area is 109 Å². The van der Waals surface area contributed by atoms with Crippen LogP contribution in [-0.2, 0) is 4.79 Å². The van der Waals surface area contributed by atoms with E-state index in [4.69, 9.17) is 11.6 Å². The zero-order valence-electron chi connectivity index (χ0n) is 8.97. The highest BCUT2D eigenvalue weighted by Gasteiger charge is 1.96. The van der Waals surface area contributed by atoms with Crippen molar-refractivity contribution >= 4 is 39.5 Å². The van der Waals surface area contributed by atoms with Crippen molar-refractivity contribution in [1.82, 2.24) is 5.32 Å². The third-order valence-corrected chi connectivity index (χ3v) is 2.78. The molecule has 1 aromatic rings. The molecule has 0 aromatic heterocycles. The zero-order chi connectivity index (χ0) is 12.0. The molecule has 0 aliphatic rings. The van der Waals surface area contributed by atoms with Gasteiger partial charge >= 0.3 is 0 Å². The van der Waals surface area contributed by atoms with Crippen molar-refractivity contribution < 1.29 is 4.79 Å². The second kappa shape index (κ2) is 6.71. The van der Waals surface area contributed by atoms with Crippen LogP contribution in [0.5, 0.6) is 0 Å². The van der Waals surface area contributed by atoms with Crippen LogP contribution in [0.15, 0.2) is 28.7 Å². The second-order valence-electron chi connectivity index (χ2n) is 3.34. The van der Waals surface area contributed by atoms with Crippen molar-refractivity contribution in [2.75, 3.05) is 6.54 Å². The van der Waals surface area contributed by atoms with Crippen LogP contribution < -0.4 is 5.32 Å². The van der Waals surface area contributed by atoms with Gasteiger partial charge in [-0.3, -0.25) is 4.79 Å². The van der Waals surface area contributed by atoms with Crippen LogP contribution in [0.2, 0.25) is 5.02 Å². The first-order valence-electron chi connectivity index (χ1n) is 4.95. The minimum Gasteiger partial charge on any atom is -0.356 e. The van der Waals surface area contributed by atoms with Crippen molar-refractivity contribution in [2.45, 2.75) is 13.3 Å². The second-order valence-corrected chi connectivity index (χ2v) is 4.66. The molecule has 0 aliphatic heterocycles. The standard InChI is InChI=1S/C12H13BrClNO/c1-9(16)15-7-3-2-4-10-8-11(13)5-6-12(10)14/h2,4-6,8H,3,7H2,1H3,(H,15,16). The molecule has 1 N–H and O–H groups in total. The van der Waals surface area contributed by atoms with Crippen LogP contribution in [0.4, 0.5) is 0 Å². The molecule has 0 saturated carbocycles. The number of hydrogen-bond donors (Lipinski definition) is 1. The van der Waals surface area contributed by atoms with E-state index in [1.807, 2.05) is 30.4 Å². The van der Waals surface area contributed by atoms with E-state index in [0.717, 1.165) is 21.5 Å². The Bertz CT molecular complexity index is 404. The topological polar surface area (TPSA) is 29.1 Å². The highest BCUT2D eigenvalue weighted by atomic mass is 79.9. The Hall–Kier alpha value is -0.800. The van der Waals surface area contributed by atoms with Crippen molar-refractivity contribution in [3.63, 3.8) is 0 Å². The molecule has 0 aliphatic carbocycles. The van der Waals surface area contributed by atoms with Gasteiger partial charge in [0.2, 0.25) is 5.91 Å². The first-order chi connectivity index (χ1) is 7.59. The molecular formula is C12H13BrClNO. The van der Waals surface area contributed by atoms with Gasteiger partial charge in [-0.1, -0.05) is 39.7 Å². The lowest BCUT2D eigenvalue weighted by Crippen LogP contribution is -2.20. The maximum absolute atomic E-state index is 10.6. The number of rotatable bonds is 4. The molecule has 0 heterocycles. The lowest BCUT2D eigenvalue weighted by atomic mass is 10.2. The lowest BCUT2D eigenvalue weighted by Gasteiger charge is -2.00. The largest absolute Gasteiger partial charge is 0.356 e. The van der Waals surface area contributed by atoms with Crippen LogP contribution in [-0.4, -0.2) is 12.5 Å². The number of carbonyl (C=O) groups excluding carboxylic acids is 1. The maximum Gasteiger partial charge on any atom is 0.216 e. The van der Waals surface area contributed by atoms with Gasteiger partial charge in [0.1, 0.15) is 0 Å². The molecular weight excluding hydrogens is 289 g/mol. The van der Waals surface area contributed by atoms with Crippen molar-refractivity contribution in [3.05, 3.63) is 39.3 Å². The van der Waals surface area contributed by atoms with Crippen molar-refractivity contribution in [3.8, 4) is 0 Å².